The average molecular weight is 220 g/mol. The summed E-state index contributed by atoms with van der Waals surface area (Å²) in [4.78, 5) is 0. The van der Waals surface area contributed by atoms with Crippen LogP contribution in [-0.4, -0.2) is 6.17 Å². The molecule has 0 radical (unpaired) electrons. The van der Waals surface area contributed by atoms with Gasteiger partial charge in [-0.25, -0.2) is 4.39 Å². The highest BCUT2D eigenvalue weighted by atomic mass is 19.1. The maximum Gasteiger partial charge on any atom is 0.107 e. The number of hydrogen-bond acceptors (Lipinski definition) is 0. The smallest absolute Gasteiger partial charge is 0.107 e. The molecule has 1 fully saturated rings. The summed E-state index contributed by atoms with van der Waals surface area (Å²) < 4.78 is 14.0. The van der Waals surface area contributed by atoms with Gasteiger partial charge in [0.15, 0.2) is 0 Å². The van der Waals surface area contributed by atoms with Crippen molar-refractivity contribution in [1.29, 1.82) is 0 Å². The SMILES string of the molecule is Cc1ccc(C2(C(C)F)CCCCC2)cc1. The molecule has 0 bridgehead atoms. The maximum atomic E-state index is 14.0. The van der Waals surface area contributed by atoms with Crippen LogP contribution in [-0.2, 0) is 5.41 Å². The molecule has 0 aromatic heterocycles. The summed E-state index contributed by atoms with van der Waals surface area (Å²) in [7, 11) is 0. The van der Waals surface area contributed by atoms with Gasteiger partial charge in [-0.05, 0) is 32.3 Å². The molecule has 1 aromatic carbocycles. The second kappa shape index (κ2) is 4.57. The van der Waals surface area contributed by atoms with Crippen molar-refractivity contribution in [2.45, 2.75) is 57.5 Å². The van der Waals surface area contributed by atoms with Crippen molar-refractivity contribution < 1.29 is 4.39 Å². The molecule has 1 unspecified atom stereocenters. The topological polar surface area (TPSA) is 0 Å². The Morgan fingerprint density at radius 1 is 1.06 bits per heavy atom. The zero-order chi connectivity index (χ0) is 11.6. The summed E-state index contributed by atoms with van der Waals surface area (Å²) in [5.41, 5.74) is 2.25. The van der Waals surface area contributed by atoms with Crippen molar-refractivity contribution in [3.8, 4) is 0 Å². The monoisotopic (exact) mass is 220 g/mol. The third-order valence-electron chi connectivity index (χ3n) is 4.13. The molecule has 1 aliphatic rings. The minimum absolute atomic E-state index is 0.202. The first kappa shape index (κ1) is 11.6. The Bertz CT molecular complexity index is 331. The third kappa shape index (κ3) is 2.00. The normalized spacial score (nSPS) is 21.7. The van der Waals surface area contributed by atoms with Gasteiger partial charge in [0.25, 0.3) is 0 Å². The molecule has 1 aromatic rings. The molecule has 2 rings (SSSR count). The largest absolute Gasteiger partial charge is 0.247 e. The predicted octanol–water partition coefficient (Wildman–Crippen LogP) is 4.55. The summed E-state index contributed by atoms with van der Waals surface area (Å²) in [5, 5.41) is 0. The first-order valence-corrected chi connectivity index (χ1v) is 6.36. The third-order valence-corrected chi connectivity index (χ3v) is 4.13. The quantitative estimate of drug-likeness (QED) is 0.685. The Morgan fingerprint density at radius 2 is 1.62 bits per heavy atom. The molecule has 1 heteroatoms. The van der Waals surface area contributed by atoms with Crippen LogP contribution in [0.5, 0.6) is 0 Å². The lowest BCUT2D eigenvalue weighted by Gasteiger charge is -2.39. The van der Waals surface area contributed by atoms with E-state index in [9.17, 15) is 4.39 Å². The van der Waals surface area contributed by atoms with Gasteiger partial charge < -0.3 is 0 Å². The highest BCUT2D eigenvalue weighted by Gasteiger charge is 2.39. The molecular formula is C15H21F. The number of alkyl halides is 1. The second-order valence-electron chi connectivity index (χ2n) is 5.20. The van der Waals surface area contributed by atoms with Crippen LogP contribution in [0.3, 0.4) is 0 Å². The van der Waals surface area contributed by atoms with Gasteiger partial charge in [-0.3, -0.25) is 0 Å². The molecule has 0 saturated heterocycles. The Balaban J connectivity index is 2.34. The molecule has 0 nitrogen and oxygen atoms in total. The number of benzene rings is 1. The fourth-order valence-electron chi connectivity index (χ4n) is 2.98. The van der Waals surface area contributed by atoms with Crippen LogP contribution in [0.15, 0.2) is 24.3 Å². The lowest BCUT2D eigenvalue weighted by molar-refractivity contribution is 0.151. The lowest BCUT2D eigenvalue weighted by atomic mass is 9.67. The van der Waals surface area contributed by atoms with E-state index in [1.165, 1.54) is 30.4 Å². The fraction of sp³-hybridized carbons (Fsp3) is 0.600. The lowest BCUT2D eigenvalue weighted by Crippen LogP contribution is -2.37. The number of hydrogen-bond donors (Lipinski definition) is 0. The van der Waals surface area contributed by atoms with Crippen molar-refractivity contribution in [2.24, 2.45) is 0 Å². The number of halogens is 1. The number of aryl methyl sites for hydroxylation is 1. The minimum atomic E-state index is -0.740. The fourth-order valence-corrected chi connectivity index (χ4v) is 2.98. The highest BCUT2D eigenvalue weighted by Crippen LogP contribution is 2.43. The van der Waals surface area contributed by atoms with Crippen LogP contribution < -0.4 is 0 Å². The van der Waals surface area contributed by atoms with Crippen molar-refractivity contribution in [1.82, 2.24) is 0 Å². The van der Waals surface area contributed by atoms with Crippen molar-refractivity contribution in [3.63, 3.8) is 0 Å². The molecule has 1 atom stereocenters. The molecule has 0 N–H and O–H groups in total. The van der Waals surface area contributed by atoms with Gasteiger partial charge in [-0.15, -0.1) is 0 Å². The van der Waals surface area contributed by atoms with Gasteiger partial charge in [0.1, 0.15) is 6.17 Å². The molecule has 1 aliphatic carbocycles. The summed E-state index contributed by atoms with van der Waals surface area (Å²) in [6.45, 7) is 3.81. The van der Waals surface area contributed by atoms with E-state index in [2.05, 4.69) is 31.2 Å². The van der Waals surface area contributed by atoms with E-state index < -0.39 is 6.17 Å². The van der Waals surface area contributed by atoms with Gasteiger partial charge in [0.2, 0.25) is 0 Å². The first-order chi connectivity index (χ1) is 7.65. The standard InChI is InChI=1S/C15H21F/c1-12-6-8-14(9-7-12)15(13(2)16)10-4-3-5-11-15/h6-9,13H,3-5,10-11H2,1-2H3. The van der Waals surface area contributed by atoms with E-state index in [1.807, 2.05) is 0 Å². The van der Waals surface area contributed by atoms with E-state index in [1.54, 1.807) is 6.92 Å². The first-order valence-electron chi connectivity index (χ1n) is 6.36. The van der Waals surface area contributed by atoms with Gasteiger partial charge in [0.05, 0.1) is 0 Å². The van der Waals surface area contributed by atoms with Crippen LogP contribution in [0.2, 0.25) is 0 Å². The van der Waals surface area contributed by atoms with E-state index >= 15 is 0 Å². The van der Waals surface area contributed by atoms with Crippen molar-refractivity contribution in [2.75, 3.05) is 0 Å². The van der Waals surface area contributed by atoms with E-state index in [0.29, 0.717) is 0 Å². The van der Waals surface area contributed by atoms with Crippen molar-refractivity contribution >= 4 is 0 Å². The van der Waals surface area contributed by atoms with Crippen LogP contribution in [0.1, 0.15) is 50.2 Å². The van der Waals surface area contributed by atoms with Crippen LogP contribution in [0.25, 0.3) is 0 Å². The minimum Gasteiger partial charge on any atom is -0.247 e. The molecule has 88 valence electrons. The molecule has 0 spiro atoms. The molecule has 1 saturated carbocycles. The summed E-state index contributed by atoms with van der Waals surface area (Å²) in [6, 6.07) is 8.45. The van der Waals surface area contributed by atoms with Crippen LogP contribution >= 0.6 is 0 Å². The Morgan fingerprint density at radius 3 is 2.12 bits per heavy atom. The summed E-state index contributed by atoms with van der Waals surface area (Å²) in [6.07, 6.45) is 4.88. The second-order valence-corrected chi connectivity index (χ2v) is 5.20. The van der Waals surface area contributed by atoms with Crippen LogP contribution in [0, 0.1) is 6.92 Å². The van der Waals surface area contributed by atoms with Gasteiger partial charge in [-0.1, -0.05) is 49.1 Å². The van der Waals surface area contributed by atoms with Crippen molar-refractivity contribution in [3.05, 3.63) is 35.4 Å². The predicted molar refractivity (Wildman–Crippen MR) is 66.5 cm³/mol. The summed E-state index contributed by atoms with van der Waals surface area (Å²) >= 11 is 0. The van der Waals surface area contributed by atoms with E-state index in [4.69, 9.17) is 0 Å². The van der Waals surface area contributed by atoms with Gasteiger partial charge >= 0.3 is 0 Å². The average Bonchev–Trinajstić information content (AvgIpc) is 2.30. The van der Waals surface area contributed by atoms with E-state index in [-0.39, 0.29) is 5.41 Å². The molecule has 0 amide bonds. The molecule has 0 heterocycles. The maximum absolute atomic E-state index is 14.0. The zero-order valence-electron chi connectivity index (χ0n) is 10.3. The van der Waals surface area contributed by atoms with Gasteiger partial charge in [-0.2, -0.15) is 0 Å². The summed E-state index contributed by atoms with van der Waals surface area (Å²) in [5.74, 6) is 0. The van der Waals surface area contributed by atoms with Gasteiger partial charge in [0, 0.05) is 5.41 Å². The van der Waals surface area contributed by atoms with E-state index in [0.717, 1.165) is 12.8 Å². The highest BCUT2D eigenvalue weighted by molar-refractivity contribution is 5.30. The Kier molecular flexibility index (Phi) is 3.32. The molecular weight excluding hydrogens is 199 g/mol. The Labute approximate surface area is 97.9 Å². The molecule has 16 heavy (non-hydrogen) atoms. The number of rotatable bonds is 2. The molecule has 0 aliphatic heterocycles. The Hall–Kier alpha value is -0.850. The van der Waals surface area contributed by atoms with Crippen LogP contribution in [0.4, 0.5) is 4.39 Å². The zero-order valence-corrected chi connectivity index (χ0v) is 10.3.